The topological polar surface area (TPSA) is 12.5 Å². The Morgan fingerprint density at radius 1 is 1.20 bits per heavy atom. The predicted molar refractivity (Wildman–Crippen MR) is 68.8 cm³/mol. The molecule has 1 aliphatic rings. The van der Waals surface area contributed by atoms with E-state index in [1.165, 1.54) is 0 Å². The number of hydrogen-bond donors (Lipinski definition) is 0. The molecule has 0 spiro atoms. The van der Waals surface area contributed by atoms with Crippen LogP contribution >= 0.6 is 24.4 Å². The molecule has 0 amide bonds. The Balaban J connectivity index is 2.53. The van der Waals surface area contributed by atoms with Crippen LogP contribution in [-0.4, -0.2) is 28.5 Å². The third-order valence-corrected chi connectivity index (χ3v) is 3.37. The monoisotopic (exact) mass is 237 g/mol. The second-order valence-electron chi connectivity index (χ2n) is 3.27. The Morgan fingerprint density at radius 2 is 1.87 bits per heavy atom. The summed E-state index contributed by atoms with van der Waals surface area (Å²) in [5.41, 5.74) is 2.05. The maximum absolute atomic E-state index is 5.36. The van der Waals surface area contributed by atoms with Crippen molar-refractivity contribution in [2.75, 3.05) is 13.7 Å². The van der Waals surface area contributed by atoms with Crippen molar-refractivity contribution in [3.63, 3.8) is 0 Å². The Morgan fingerprint density at radius 3 is 2.47 bits per heavy atom. The second-order valence-corrected chi connectivity index (χ2v) is 4.04. The van der Waals surface area contributed by atoms with Gasteiger partial charge in [0, 0.05) is 17.7 Å². The van der Waals surface area contributed by atoms with Crippen LogP contribution in [0.4, 0.5) is 0 Å². The zero-order chi connectivity index (χ0) is 11.0. The molecule has 0 aromatic heterocycles. The number of nitrogens with zero attached hydrogens (tertiary/aromatic N) is 1. The molecular formula is C11H11NOS2. The van der Waals surface area contributed by atoms with E-state index in [1.54, 1.807) is 7.11 Å². The molecule has 78 valence electrons. The van der Waals surface area contributed by atoms with Crippen molar-refractivity contribution < 1.29 is 4.74 Å². The molecule has 0 bridgehead atoms. The molecule has 0 saturated carbocycles. The normalized spacial score (nSPS) is 14.4. The summed E-state index contributed by atoms with van der Waals surface area (Å²) in [6.07, 6.45) is 0. The van der Waals surface area contributed by atoms with E-state index in [1.807, 2.05) is 30.0 Å². The third kappa shape index (κ3) is 1.54. The highest BCUT2D eigenvalue weighted by atomic mass is 32.1. The van der Waals surface area contributed by atoms with E-state index in [-0.39, 0.29) is 0 Å². The third-order valence-electron chi connectivity index (χ3n) is 2.49. The Bertz CT molecular complexity index is 442. The highest BCUT2D eigenvalue weighted by Gasteiger charge is 2.28. The number of rotatable bonds is 2. The van der Waals surface area contributed by atoms with Gasteiger partial charge in [-0.1, -0.05) is 24.4 Å². The fraction of sp³-hybridized carbons (Fsp3) is 0.273. The van der Waals surface area contributed by atoms with Gasteiger partial charge in [0.05, 0.1) is 7.11 Å². The SMILES string of the molecule is CCN1C(=S)c2ccc(OC)cc2C1=S. The standard InChI is InChI=1S/C11H11NOS2/c1-3-12-10(14)8-5-4-7(13-2)6-9(8)11(12)15/h4-6H,3H2,1-2H3. The quantitative estimate of drug-likeness (QED) is 0.732. The van der Waals surface area contributed by atoms with Crippen molar-refractivity contribution >= 4 is 34.4 Å². The zero-order valence-corrected chi connectivity index (χ0v) is 10.2. The number of ether oxygens (including phenoxy) is 1. The molecule has 1 aromatic carbocycles. The van der Waals surface area contributed by atoms with Crippen LogP contribution in [0.1, 0.15) is 18.1 Å². The lowest BCUT2D eigenvalue weighted by atomic mass is 10.1. The molecule has 0 fully saturated rings. The van der Waals surface area contributed by atoms with Crippen molar-refractivity contribution in [3.05, 3.63) is 29.3 Å². The Kier molecular flexibility index (Phi) is 2.71. The summed E-state index contributed by atoms with van der Waals surface area (Å²) >= 11 is 10.7. The van der Waals surface area contributed by atoms with E-state index in [2.05, 4.69) is 0 Å². The maximum Gasteiger partial charge on any atom is 0.119 e. The molecule has 2 rings (SSSR count). The van der Waals surface area contributed by atoms with Crippen LogP contribution in [0.5, 0.6) is 5.75 Å². The second kappa shape index (κ2) is 3.87. The minimum Gasteiger partial charge on any atom is -0.497 e. The van der Waals surface area contributed by atoms with Crippen LogP contribution in [0.2, 0.25) is 0 Å². The van der Waals surface area contributed by atoms with Gasteiger partial charge in [-0.3, -0.25) is 0 Å². The molecule has 0 unspecified atom stereocenters. The fourth-order valence-corrected chi connectivity index (χ4v) is 2.53. The van der Waals surface area contributed by atoms with Gasteiger partial charge in [-0.25, -0.2) is 0 Å². The van der Waals surface area contributed by atoms with Crippen molar-refractivity contribution in [1.29, 1.82) is 0 Å². The summed E-state index contributed by atoms with van der Waals surface area (Å²) in [4.78, 5) is 3.59. The van der Waals surface area contributed by atoms with Gasteiger partial charge in [0.1, 0.15) is 15.7 Å². The first-order chi connectivity index (χ1) is 7.19. The molecular weight excluding hydrogens is 226 g/mol. The van der Waals surface area contributed by atoms with E-state index in [4.69, 9.17) is 29.2 Å². The summed E-state index contributed by atoms with van der Waals surface area (Å²) < 4.78 is 5.17. The van der Waals surface area contributed by atoms with Crippen LogP contribution in [0.25, 0.3) is 0 Å². The smallest absolute Gasteiger partial charge is 0.119 e. The summed E-state index contributed by atoms with van der Waals surface area (Å²) in [7, 11) is 1.65. The predicted octanol–water partition coefficient (Wildman–Crippen LogP) is 2.38. The minimum absolute atomic E-state index is 0.802. The number of hydrogen-bond acceptors (Lipinski definition) is 3. The lowest BCUT2D eigenvalue weighted by Gasteiger charge is -2.14. The zero-order valence-electron chi connectivity index (χ0n) is 8.61. The van der Waals surface area contributed by atoms with E-state index >= 15 is 0 Å². The Hall–Kier alpha value is -1.00. The van der Waals surface area contributed by atoms with Crippen LogP contribution in [-0.2, 0) is 0 Å². The molecule has 4 heteroatoms. The summed E-state index contributed by atoms with van der Waals surface area (Å²) in [6.45, 7) is 2.86. The first kappa shape index (κ1) is 10.5. The fourth-order valence-electron chi connectivity index (χ4n) is 1.68. The largest absolute Gasteiger partial charge is 0.497 e. The molecule has 1 heterocycles. The van der Waals surface area contributed by atoms with Crippen LogP contribution < -0.4 is 4.74 Å². The van der Waals surface area contributed by atoms with Gasteiger partial charge >= 0.3 is 0 Å². The van der Waals surface area contributed by atoms with Gasteiger partial charge in [-0.2, -0.15) is 0 Å². The molecule has 0 atom stereocenters. The van der Waals surface area contributed by atoms with Crippen LogP contribution in [0, 0.1) is 0 Å². The van der Waals surface area contributed by atoms with E-state index < -0.39 is 0 Å². The first-order valence-electron chi connectivity index (χ1n) is 4.73. The molecule has 1 aromatic rings. The molecule has 2 nitrogen and oxygen atoms in total. The lowest BCUT2D eigenvalue weighted by Crippen LogP contribution is -2.27. The molecule has 0 N–H and O–H groups in total. The van der Waals surface area contributed by atoms with Gasteiger partial charge in [0.15, 0.2) is 0 Å². The lowest BCUT2D eigenvalue weighted by molar-refractivity contribution is 0.414. The summed E-state index contributed by atoms with van der Waals surface area (Å²) in [5.74, 6) is 0.817. The van der Waals surface area contributed by atoms with Crippen LogP contribution in [0.3, 0.4) is 0 Å². The maximum atomic E-state index is 5.36. The van der Waals surface area contributed by atoms with E-state index in [9.17, 15) is 0 Å². The molecule has 0 saturated heterocycles. The van der Waals surface area contributed by atoms with Crippen LogP contribution in [0.15, 0.2) is 18.2 Å². The van der Waals surface area contributed by atoms with E-state index in [0.717, 1.165) is 33.4 Å². The average molecular weight is 237 g/mol. The highest BCUT2D eigenvalue weighted by molar-refractivity contribution is 7.82. The minimum atomic E-state index is 0.802. The van der Waals surface area contributed by atoms with Crippen molar-refractivity contribution in [2.24, 2.45) is 0 Å². The summed E-state index contributed by atoms with van der Waals surface area (Å²) in [6, 6.07) is 5.82. The number of benzene rings is 1. The first-order valence-corrected chi connectivity index (χ1v) is 5.55. The molecule has 1 aliphatic heterocycles. The summed E-state index contributed by atoms with van der Waals surface area (Å²) in [5, 5.41) is 0. The Labute approximate surface area is 99.8 Å². The van der Waals surface area contributed by atoms with Gasteiger partial charge in [-0.15, -0.1) is 0 Å². The van der Waals surface area contributed by atoms with Crippen molar-refractivity contribution in [2.45, 2.75) is 6.92 Å². The van der Waals surface area contributed by atoms with E-state index in [0.29, 0.717) is 0 Å². The average Bonchev–Trinajstić information content (AvgIpc) is 2.51. The number of fused-ring (bicyclic) bond motifs is 1. The van der Waals surface area contributed by atoms with Gasteiger partial charge in [0.2, 0.25) is 0 Å². The molecule has 0 radical (unpaired) electrons. The van der Waals surface area contributed by atoms with Gasteiger partial charge < -0.3 is 9.64 Å². The number of thiocarbonyl (C=S) groups is 2. The van der Waals surface area contributed by atoms with Crippen molar-refractivity contribution in [1.82, 2.24) is 4.90 Å². The highest BCUT2D eigenvalue weighted by Crippen LogP contribution is 2.27. The van der Waals surface area contributed by atoms with Gasteiger partial charge in [-0.05, 0) is 25.1 Å². The molecule has 0 aliphatic carbocycles. The number of methoxy groups -OCH3 is 1. The molecule has 15 heavy (non-hydrogen) atoms. The van der Waals surface area contributed by atoms with Crippen molar-refractivity contribution in [3.8, 4) is 5.75 Å². The van der Waals surface area contributed by atoms with Gasteiger partial charge in [0.25, 0.3) is 0 Å².